The smallest absolute Gasteiger partial charge is 0.317 e. The molecule has 1 aromatic carbocycles. The lowest BCUT2D eigenvalue weighted by Gasteiger charge is -2.08. The normalized spacial score (nSPS) is 9.76. The van der Waals surface area contributed by atoms with Gasteiger partial charge in [0.15, 0.2) is 6.73 Å². The van der Waals surface area contributed by atoms with E-state index in [-0.39, 0.29) is 12.8 Å². The fraction of sp³-hybridized carbons (Fsp3) is 0.417. The Kier molecular flexibility index (Phi) is 6.25. The molecule has 0 saturated heterocycles. The van der Waals surface area contributed by atoms with Gasteiger partial charge in [0.05, 0.1) is 0 Å². The zero-order valence-corrected chi connectivity index (χ0v) is 10.6. The Labute approximate surface area is 106 Å². The summed E-state index contributed by atoms with van der Waals surface area (Å²) in [5, 5.41) is 5.98. The molecule has 0 spiro atoms. The number of ether oxygens (including phenoxy) is 1. The quantitative estimate of drug-likeness (QED) is 0.607. The van der Waals surface area contributed by atoms with Gasteiger partial charge in [0.1, 0.15) is 5.75 Å². The van der Waals surface area contributed by atoms with Crippen molar-refractivity contribution in [3.8, 4) is 5.75 Å². The average Bonchev–Trinajstić information content (AvgIpc) is 2.32. The van der Waals surface area contributed by atoms with Gasteiger partial charge in [-0.1, -0.05) is 24.9 Å². The van der Waals surface area contributed by atoms with E-state index in [1.165, 1.54) is 0 Å². The Morgan fingerprint density at radius 1 is 1.29 bits per heavy atom. The molecule has 2 amide bonds. The summed E-state index contributed by atoms with van der Waals surface area (Å²) in [5.41, 5.74) is 0. The molecular weight excluding hydrogens is 240 g/mol. The Hall–Kier alpha value is -1.42. The van der Waals surface area contributed by atoms with E-state index in [1.54, 1.807) is 24.3 Å². The number of benzene rings is 1. The van der Waals surface area contributed by atoms with Crippen LogP contribution in [0, 0.1) is 0 Å². The van der Waals surface area contributed by atoms with Gasteiger partial charge in [-0.25, -0.2) is 4.79 Å². The predicted molar refractivity (Wildman–Crippen MR) is 68.4 cm³/mol. The maximum atomic E-state index is 11.2. The number of hydrogen-bond acceptors (Lipinski definition) is 2. The molecule has 0 saturated carbocycles. The highest BCUT2D eigenvalue weighted by Crippen LogP contribution is 2.14. The van der Waals surface area contributed by atoms with Gasteiger partial charge in [-0.05, 0) is 30.7 Å². The number of rotatable bonds is 6. The van der Waals surface area contributed by atoms with Gasteiger partial charge < -0.3 is 15.4 Å². The van der Waals surface area contributed by atoms with E-state index in [0.29, 0.717) is 17.3 Å². The minimum atomic E-state index is -0.215. The highest BCUT2D eigenvalue weighted by atomic mass is 35.5. The van der Waals surface area contributed by atoms with Crippen molar-refractivity contribution in [2.75, 3.05) is 13.3 Å². The molecule has 5 heteroatoms. The molecule has 94 valence electrons. The number of carbonyl (C=O) groups excluding carboxylic acids is 1. The number of unbranched alkanes of at least 4 members (excludes halogenated alkanes) is 1. The summed E-state index contributed by atoms with van der Waals surface area (Å²) in [6.45, 7) is 2.89. The molecule has 0 aliphatic carbocycles. The second-order valence-corrected chi connectivity index (χ2v) is 3.97. The van der Waals surface area contributed by atoms with Gasteiger partial charge in [0.25, 0.3) is 0 Å². The van der Waals surface area contributed by atoms with E-state index in [9.17, 15) is 4.79 Å². The van der Waals surface area contributed by atoms with E-state index in [2.05, 4.69) is 17.6 Å². The Balaban J connectivity index is 2.14. The summed E-state index contributed by atoms with van der Waals surface area (Å²) >= 11 is 5.73. The van der Waals surface area contributed by atoms with Crippen molar-refractivity contribution in [3.63, 3.8) is 0 Å². The first-order valence-corrected chi connectivity index (χ1v) is 6.00. The molecule has 0 atom stereocenters. The lowest BCUT2D eigenvalue weighted by atomic mass is 10.3. The third-order valence-electron chi connectivity index (χ3n) is 2.10. The first kappa shape index (κ1) is 13.6. The van der Waals surface area contributed by atoms with Crippen LogP contribution in [0.25, 0.3) is 0 Å². The maximum absolute atomic E-state index is 11.2. The lowest BCUT2D eigenvalue weighted by Crippen LogP contribution is -2.38. The van der Waals surface area contributed by atoms with Gasteiger partial charge in [0, 0.05) is 11.6 Å². The van der Waals surface area contributed by atoms with Crippen LogP contribution in [0.3, 0.4) is 0 Å². The lowest BCUT2D eigenvalue weighted by molar-refractivity contribution is 0.224. The van der Waals surface area contributed by atoms with Crippen LogP contribution in [0.15, 0.2) is 24.3 Å². The maximum Gasteiger partial charge on any atom is 0.317 e. The minimum Gasteiger partial charge on any atom is -0.473 e. The molecule has 0 fully saturated rings. The average molecular weight is 257 g/mol. The SMILES string of the molecule is CCCCNC(=O)NCOc1ccc(Cl)cc1. The summed E-state index contributed by atoms with van der Waals surface area (Å²) in [6.07, 6.45) is 2.03. The molecule has 0 heterocycles. The molecule has 0 aliphatic heterocycles. The topological polar surface area (TPSA) is 50.4 Å². The molecule has 0 bridgehead atoms. The van der Waals surface area contributed by atoms with Crippen LogP contribution in [0.2, 0.25) is 5.02 Å². The molecule has 0 radical (unpaired) electrons. The van der Waals surface area contributed by atoms with Crippen molar-refractivity contribution in [2.24, 2.45) is 0 Å². The van der Waals surface area contributed by atoms with Crippen LogP contribution in [0.5, 0.6) is 5.75 Å². The van der Waals surface area contributed by atoms with E-state index in [4.69, 9.17) is 16.3 Å². The van der Waals surface area contributed by atoms with E-state index in [0.717, 1.165) is 12.8 Å². The summed E-state index contributed by atoms with van der Waals surface area (Å²) < 4.78 is 5.31. The van der Waals surface area contributed by atoms with Crippen LogP contribution in [-0.4, -0.2) is 19.3 Å². The predicted octanol–water partition coefficient (Wildman–Crippen LogP) is 2.78. The monoisotopic (exact) mass is 256 g/mol. The summed E-state index contributed by atoms with van der Waals surface area (Å²) in [7, 11) is 0. The van der Waals surface area contributed by atoms with Crippen LogP contribution in [-0.2, 0) is 0 Å². The zero-order valence-electron chi connectivity index (χ0n) is 9.83. The molecule has 0 aliphatic rings. The molecular formula is C12H17ClN2O2. The highest BCUT2D eigenvalue weighted by Gasteiger charge is 1.98. The fourth-order valence-electron chi connectivity index (χ4n) is 1.16. The van der Waals surface area contributed by atoms with Crippen molar-refractivity contribution in [2.45, 2.75) is 19.8 Å². The highest BCUT2D eigenvalue weighted by molar-refractivity contribution is 6.30. The summed E-state index contributed by atoms with van der Waals surface area (Å²) in [6, 6.07) is 6.75. The molecule has 0 unspecified atom stereocenters. The number of urea groups is 1. The molecule has 1 rings (SSSR count). The standard InChI is InChI=1S/C12H17ClN2O2/c1-2-3-8-14-12(16)15-9-17-11-6-4-10(13)5-7-11/h4-7H,2-3,8-9H2,1H3,(H2,14,15,16). The van der Waals surface area contributed by atoms with Gasteiger partial charge in [0.2, 0.25) is 0 Å². The fourth-order valence-corrected chi connectivity index (χ4v) is 1.28. The second-order valence-electron chi connectivity index (χ2n) is 3.53. The van der Waals surface area contributed by atoms with Crippen LogP contribution < -0.4 is 15.4 Å². The van der Waals surface area contributed by atoms with Gasteiger partial charge in [-0.15, -0.1) is 0 Å². The number of amides is 2. The molecule has 1 aromatic rings. The van der Waals surface area contributed by atoms with Gasteiger partial charge in [-0.3, -0.25) is 0 Å². The number of nitrogens with one attached hydrogen (secondary N) is 2. The van der Waals surface area contributed by atoms with Gasteiger partial charge in [-0.2, -0.15) is 0 Å². The number of halogens is 1. The van der Waals surface area contributed by atoms with Crippen molar-refractivity contribution in [3.05, 3.63) is 29.3 Å². The minimum absolute atomic E-state index is 0.138. The Bertz CT molecular complexity index is 341. The van der Waals surface area contributed by atoms with Crippen LogP contribution >= 0.6 is 11.6 Å². The molecule has 4 nitrogen and oxygen atoms in total. The third kappa shape index (κ3) is 6.02. The van der Waals surface area contributed by atoms with E-state index < -0.39 is 0 Å². The Morgan fingerprint density at radius 3 is 2.65 bits per heavy atom. The Morgan fingerprint density at radius 2 is 2.00 bits per heavy atom. The van der Waals surface area contributed by atoms with Crippen LogP contribution in [0.4, 0.5) is 4.79 Å². The van der Waals surface area contributed by atoms with Crippen LogP contribution in [0.1, 0.15) is 19.8 Å². The number of carbonyl (C=O) groups is 1. The first-order chi connectivity index (χ1) is 8.22. The molecule has 0 aromatic heterocycles. The molecule has 17 heavy (non-hydrogen) atoms. The van der Waals surface area contributed by atoms with Crippen molar-refractivity contribution in [1.82, 2.24) is 10.6 Å². The van der Waals surface area contributed by atoms with Gasteiger partial charge >= 0.3 is 6.03 Å². The zero-order chi connectivity index (χ0) is 12.5. The molecule has 2 N–H and O–H groups in total. The van der Waals surface area contributed by atoms with Crippen molar-refractivity contribution < 1.29 is 9.53 Å². The van der Waals surface area contributed by atoms with E-state index in [1.807, 2.05) is 0 Å². The summed E-state index contributed by atoms with van der Waals surface area (Å²) in [4.78, 5) is 11.2. The van der Waals surface area contributed by atoms with Crippen molar-refractivity contribution in [1.29, 1.82) is 0 Å². The third-order valence-corrected chi connectivity index (χ3v) is 2.35. The largest absolute Gasteiger partial charge is 0.473 e. The van der Waals surface area contributed by atoms with E-state index >= 15 is 0 Å². The summed E-state index contributed by atoms with van der Waals surface area (Å²) in [5.74, 6) is 0.670. The number of hydrogen-bond donors (Lipinski definition) is 2. The second kappa shape index (κ2) is 7.79. The first-order valence-electron chi connectivity index (χ1n) is 5.62. The van der Waals surface area contributed by atoms with Crippen molar-refractivity contribution >= 4 is 17.6 Å².